The smallest absolute Gasteiger partial charge is 0.230 e. The third-order valence-electron chi connectivity index (χ3n) is 6.03. The molecule has 1 N–H and O–H groups in total. The molecule has 4 aromatic rings. The van der Waals surface area contributed by atoms with Crippen molar-refractivity contribution in [3.05, 3.63) is 71.2 Å². The van der Waals surface area contributed by atoms with E-state index in [1.165, 1.54) is 11.3 Å². The first kappa shape index (κ1) is 23.7. The molecule has 1 aliphatic rings. The van der Waals surface area contributed by atoms with Gasteiger partial charge in [-0.25, -0.2) is 4.98 Å². The van der Waals surface area contributed by atoms with Gasteiger partial charge in [0.25, 0.3) is 0 Å². The lowest BCUT2D eigenvalue weighted by Gasteiger charge is -2.17. The number of anilines is 2. The van der Waals surface area contributed by atoms with Gasteiger partial charge in [-0.05, 0) is 62.7 Å². The molecule has 1 aliphatic heterocycles. The number of carbonyl (C=O) groups excluding carboxylic acids is 2. The second kappa shape index (κ2) is 9.94. The third kappa shape index (κ3) is 4.87. The van der Waals surface area contributed by atoms with E-state index in [1.54, 1.807) is 9.58 Å². The second-order valence-corrected chi connectivity index (χ2v) is 9.63. The van der Waals surface area contributed by atoms with E-state index in [0.29, 0.717) is 24.1 Å². The van der Waals surface area contributed by atoms with Crippen LogP contribution in [0.1, 0.15) is 24.6 Å². The van der Waals surface area contributed by atoms with Crippen LogP contribution in [0.2, 0.25) is 0 Å². The molecule has 0 spiro atoms. The molecule has 3 heterocycles. The van der Waals surface area contributed by atoms with Crippen LogP contribution >= 0.6 is 11.3 Å². The van der Waals surface area contributed by atoms with Crippen LogP contribution in [0.15, 0.2) is 60.0 Å². The van der Waals surface area contributed by atoms with Gasteiger partial charge in [0.2, 0.25) is 16.9 Å². The lowest BCUT2D eigenvalue weighted by atomic mass is 10.1. The quantitative estimate of drug-likeness (QED) is 0.385. The lowest BCUT2D eigenvalue weighted by Crippen LogP contribution is -2.28. The summed E-state index contributed by atoms with van der Waals surface area (Å²) in [5, 5.41) is 10.1. The highest BCUT2D eigenvalue weighted by atomic mass is 32.1. The highest BCUT2D eigenvalue weighted by Crippen LogP contribution is 2.29. The summed E-state index contributed by atoms with van der Waals surface area (Å²) < 4.78 is 7.16. The summed E-state index contributed by atoms with van der Waals surface area (Å²) in [5.74, 6) is 0.646. The number of aromatic nitrogens is 3. The van der Waals surface area contributed by atoms with E-state index in [1.807, 2.05) is 80.7 Å². The molecule has 2 aromatic heterocycles. The Balaban J connectivity index is 1.32. The summed E-state index contributed by atoms with van der Waals surface area (Å²) in [6.07, 6.45) is 0.173. The monoisotopic (exact) mass is 501 g/mol. The summed E-state index contributed by atoms with van der Waals surface area (Å²) in [4.78, 5) is 32.2. The predicted octanol–water partition coefficient (Wildman–Crippen LogP) is 5.00. The molecule has 2 amide bonds. The van der Waals surface area contributed by atoms with Crippen LogP contribution in [0.4, 0.5) is 11.5 Å². The van der Waals surface area contributed by atoms with Gasteiger partial charge in [0.05, 0.1) is 23.9 Å². The Hall–Kier alpha value is -3.98. The molecule has 0 aliphatic carbocycles. The Morgan fingerprint density at radius 2 is 1.97 bits per heavy atom. The fourth-order valence-electron chi connectivity index (χ4n) is 4.27. The van der Waals surface area contributed by atoms with E-state index in [-0.39, 0.29) is 18.2 Å². The second-order valence-electron chi connectivity index (χ2n) is 8.79. The van der Waals surface area contributed by atoms with Crippen LogP contribution in [0.25, 0.3) is 16.4 Å². The Morgan fingerprint density at radius 3 is 2.72 bits per heavy atom. The van der Waals surface area contributed by atoms with Crippen LogP contribution in [0, 0.1) is 19.8 Å². The number of ether oxygens (including phenoxy) is 1. The molecular formula is C27H27N5O3S. The minimum absolute atomic E-state index is 0.0506. The molecule has 0 bridgehead atoms. The molecule has 1 unspecified atom stereocenters. The van der Waals surface area contributed by atoms with Gasteiger partial charge < -0.3 is 15.0 Å². The van der Waals surface area contributed by atoms with E-state index in [2.05, 4.69) is 10.4 Å². The number of nitrogens with one attached hydrogen (secondary N) is 1. The predicted molar refractivity (Wildman–Crippen MR) is 141 cm³/mol. The van der Waals surface area contributed by atoms with Gasteiger partial charge in [-0.3, -0.25) is 9.59 Å². The molecular weight excluding hydrogens is 474 g/mol. The maximum Gasteiger partial charge on any atom is 0.230 e. The van der Waals surface area contributed by atoms with Crippen molar-refractivity contribution in [2.75, 3.05) is 23.4 Å². The fraction of sp³-hybridized carbons (Fsp3) is 0.259. The third-order valence-corrected chi connectivity index (χ3v) is 6.84. The van der Waals surface area contributed by atoms with Crippen LogP contribution in [-0.2, 0) is 9.59 Å². The number of thiazole rings is 1. The fourth-order valence-corrected chi connectivity index (χ4v) is 5.07. The molecule has 184 valence electrons. The average molecular weight is 502 g/mol. The molecule has 0 saturated carbocycles. The van der Waals surface area contributed by atoms with Gasteiger partial charge in [0.1, 0.15) is 11.6 Å². The standard InChI is InChI=1S/C27H27N5O3S/c1-4-35-22-10-8-19(9-11-22)23-16-36-27(28-23)32-24(13-18(3)30-32)29-26(34)20-14-25(33)31(15-20)21-7-5-6-17(2)12-21/h5-13,16,20H,4,14-15H2,1-3H3,(H,29,34). The van der Waals surface area contributed by atoms with Gasteiger partial charge >= 0.3 is 0 Å². The van der Waals surface area contributed by atoms with E-state index >= 15 is 0 Å². The average Bonchev–Trinajstić information content (AvgIpc) is 3.58. The normalized spacial score (nSPS) is 15.4. The number of rotatable bonds is 7. The number of hydrogen-bond donors (Lipinski definition) is 1. The Bertz CT molecular complexity index is 1410. The summed E-state index contributed by atoms with van der Waals surface area (Å²) in [6.45, 7) is 6.77. The summed E-state index contributed by atoms with van der Waals surface area (Å²) >= 11 is 1.44. The summed E-state index contributed by atoms with van der Waals surface area (Å²) in [6, 6.07) is 17.4. The van der Waals surface area contributed by atoms with Gasteiger partial charge in [-0.15, -0.1) is 11.3 Å². The van der Waals surface area contributed by atoms with Crippen LogP contribution in [-0.4, -0.2) is 39.7 Å². The van der Waals surface area contributed by atoms with Crippen molar-refractivity contribution < 1.29 is 14.3 Å². The van der Waals surface area contributed by atoms with Crippen LogP contribution in [0.5, 0.6) is 5.75 Å². The zero-order chi connectivity index (χ0) is 25.2. The van der Waals surface area contributed by atoms with Gasteiger partial charge in [-0.1, -0.05) is 12.1 Å². The summed E-state index contributed by atoms with van der Waals surface area (Å²) in [5.41, 5.74) is 4.43. The molecule has 5 rings (SSSR count). The van der Waals surface area contributed by atoms with Crippen molar-refractivity contribution in [1.82, 2.24) is 14.8 Å². The van der Waals surface area contributed by atoms with Gasteiger partial charge in [0.15, 0.2) is 0 Å². The number of hydrogen-bond acceptors (Lipinski definition) is 6. The largest absolute Gasteiger partial charge is 0.494 e. The van der Waals surface area contributed by atoms with Crippen molar-refractivity contribution in [3.63, 3.8) is 0 Å². The van der Waals surface area contributed by atoms with E-state index in [9.17, 15) is 9.59 Å². The maximum absolute atomic E-state index is 13.1. The number of carbonyl (C=O) groups is 2. The molecule has 8 nitrogen and oxygen atoms in total. The van der Waals surface area contributed by atoms with Crippen molar-refractivity contribution >= 4 is 34.7 Å². The molecule has 1 fully saturated rings. The molecule has 9 heteroatoms. The first-order chi connectivity index (χ1) is 17.4. The first-order valence-corrected chi connectivity index (χ1v) is 12.7. The van der Waals surface area contributed by atoms with Crippen molar-refractivity contribution in [2.45, 2.75) is 27.2 Å². The van der Waals surface area contributed by atoms with Crippen molar-refractivity contribution in [3.8, 4) is 22.1 Å². The molecule has 0 radical (unpaired) electrons. The topological polar surface area (TPSA) is 89.3 Å². The van der Waals surface area contributed by atoms with E-state index in [0.717, 1.165) is 34.0 Å². The minimum atomic E-state index is -0.447. The zero-order valence-corrected chi connectivity index (χ0v) is 21.2. The van der Waals surface area contributed by atoms with Crippen molar-refractivity contribution in [1.29, 1.82) is 0 Å². The van der Waals surface area contributed by atoms with Gasteiger partial charge in [0, 0.05) is 35.7 Å². The molecule has 2 aromatic carbocycles. The highest BCUT2D eigenvalue weighted by molar-refractivity contribution is 7.12. The first-order valence-electron chi connectivity index (χ1n) is 11.8. The Kier molecular flexibility index (Phi) is 6.56. The van der Waals surface area contributed by atoms with Crippen molar-refractivity contribution in [2.24, 2.45) is 5.92 Å². The van der Waals surface area contributed by atoms with E-state index < -0.39 is 5.92 Å². The van der Waals surface area contributed by atoms with Crippen LogP contribution in [0.3, 0.4) is 0 Å². The van der Waals surface area contributed by atoms with Gasteiger partial charge in [-0.2, -0.15) is 9.78 Å². The lowest BCUT2D eigenvalue weighted by molar-refractivity contribution is -0.122. The number of aryl methyl sites for hydroxylation is 2. The Labute approximate surface area is 213 Å². The van der Waals surface area contributed by atoms with E-state index in [4.69, 9.17) is 9.72 Å². The minimum Gasteiger partial charge on any atom is -0.494 e. The number of nitrogens with zero attached hydrogens (tertiary/aromatic N) is 4. The molecule has 36 heavy (non-hydrogen) atoms. The summed E-state index contributed by atoms with van der Waals surface area (Å²) in [7, 11) is 0. The molecule has 1 atom stereocenters. The maximum atomic E-state index is 13.1. The SMILES string of the molecule is CCOc1ccc(-c2csc(-n3nc(C)cc3NC(=O)C3CC(=O)N(c4cccc(C)c4)C3)n2)cc1. The number of benzene rings is 2. The number of amides is 2. The Morgan fingerprint density at radius 1 is 1.17 bits per heavy atom. The molecule has 1 saturated heterocycles. The van der Waals surface area contributed by atoms with Crippen LogP contribution < -0.4 is 15.0 Å². The highest BCUT2D eigenvalue weighted by Gasteiger charge is 2.35. The zero-order valence-electron chi connectivity index (χ0n) is 20.4.